The minimum Gasteiger partial charge on any atom is -0.488 e. The van der Waals surface area contributed by atoms with Crippen molar-refractivity contribution in [3.8, 4) is 11.4 Å². The van der Waals surface area contributed by atoms with Gasteiger partial charge in [-0.05, 0) is 34.7 Å². The minimum absolute atomic E-state index is 0.737. The fourth-order valence-corrected chi connectivity index (χ4v) is 3.22. The van der Waals surface area contributed by atoms with Crippen LogP contribution in [0.2, 0.25) is 0 Å². The quantitative estimate of drug-likeness (QED) is 0.699. The summed E-state index contributed by atoms with van der Waals surface area (Å²) in [4.78, 5) is 3.81. The molecule has 134 valence electrons. The Balaban J connectivity index is 1.30. The fourth-order valence-electron chi connectivity index (χ4n) is 3.22. The first kappa shape index (κ1) is 16.5. The highest BCUT2D eigenvalue weighted by Gasteiger charge is 2.24. The summed E-state index contributed by atoms with van der Waals surface area (Å²) in [6.45, 7) is 5.73. The van der Waals surface area contributed by atoms with E-state index in [9.17, 15) is 0 Å². The summed E-state index contributed by atoms with van der Waals surface area (Å²) in [6.07, 6.45) is 0. The summed E-state index contributed by atoms with van der Waals surface area (Å²) in [5.74, 6) is 1.75. The summed E-state index contributed by atoms with van der Waals surface area (Å²) in [7, 11) is 0. The van der Waals surface area contributed by atoms with Gasteiger partial charge in [-0.15, -0.1) is 0 Å². The van der Waals surface area contributed by atoms with Crippen molar-refractivity contribution < 1.29 is 9.64 Å². The number of quaternary nitrogens is 1. The molecule has 1 saturated heterocycles. The average Bonchev–Trinajstić information content (AvgIpc) is 3.20. The van der Waals surface area contributed by atoms with Crippen LogP contribution in [0.3, 0.4) is 0 Å². The first-order valence-corrected chi connectivity index (χ1v) is 9.00. The maximum atomic E-state index is 5.81. The van der Waals surface area contributed by atoms with E-state index in [1.807, 2.05) is 65.3 Å². The van der Waals surface area contributed by atoms with Crippen molar-refractivity contribution in [3.63, 3.8) is 0 Å². The Morgan fingerprint density at radius 1 is 0.923 bits per heavy atom. The highest BCUT2D eigenvalue weighted by atomic mass is 16.5. The van der Waals surface area contributed by atoms with E-state index in [1.165, 1.54) is 0 Å². The van der Waals surface area contributed by atoms with Gasteiger partial charge in [0, 0.05) is 0 Å². The van der Waals surface area contributed by atoms with Gasteiger partial charge in [0.15, 0.2) is 0 Å². The van der Waals surface area contributed by atoms with Gasteiger partial charge < -0.3 is 14.5 Å². The summed E-state index contributed by atoms with van der Waals surface area (Å²) in [6, 6.07) is 20.0. The summed E-state index contributed by atoms with van der Waals surface area (Å²) < 4.78 is 7.62. The molecule has 2 heterocycles. The van der Waals surface area contributed by atoms with Crippen LogP contribution in [0.15, 0.2) is 60.7 Å². The number of hydrogen-bond acceptors (Lipinski definition) is 5. The molecule has 7 heteroatoms. The Hall–Kier alpha value is -2.93. The van der Waals surface area contributed by atoms with Gasteiger partial charge >= 0.3 is 0 Å². The van der Waals surface area contributed by atoms with Crippen LogP contribution >= 0.6 is 0 Å². The van der Waals surface area contributed by atoms with Crippen molar-refractivity contribution in [1.82, 2.24) is 20.2 Å². The number of rotatable bonds is 6. The van der Waals surface area contributed by atoms with Crippen molar-refractivity contribution in [3.05, 3.63) is 60.7 Å². The lowest BCUT2D eigenvalue weighted by Crippen LogP contribution is -3.15. The lowest BCUT2D eigenvalue weighted by Gasteiger charge is -2.32. The lowest BCUT2D eigenvalue weighted by molar-refractivity contribution is -0.900. The Morgan fingerprint density at radius 3 is 2.35 bits per heavy atom. The second-order valence-corrected chi connectivity index (χ2v) is 6.37. The van der Waals surface area contributed by atoms with Crippen LogP contribution in [0.5, 0.6) is 5.75 Å². The molecule has 0 amide bonds. The maximum absolute atomic E-state index is 5.81. The van der Waals surface area contributed by atoms with Gasteiger partial charge in [0.1, 0.15) is 18.9 Å². The largest absolute Gasteiger partial charge is 0.488 e. The molecule has 26 heavy (non-hydrogen) atoms. The molecule has 2 aromatic carbocycles. The second-order valence-electron chi connectivity index (χ2n) is 6.37. The molecule has 0 spiro atoms. The van der Waals surface area contributed by atoms with Crippen molar-refractivity contribution in [1.29, 1.82) is 0 Å². The molecule has 1 N–H and O–H groups in total. The van der Waals surface area contributed by atoms with Crippen LogP contribution in [0.4, 0.5) is 5.95 Å². The molecule has 1 fully saturated rings. The highest BCUT2D eigenvalue weighted by Crippen LogP contribution is 2.14. The van der Waals surface area contributed by atoms with Crippen LogP contribution in [-0.2, 0) is 0 Å². The van der Waals surface area contributed by atoms with Crippen molar-refractivity contribution in [2.24, 2.45) is 0 Å². The maximum Gasteiger partial charge on any atom is 0.250 e. The third-order valence-corrected chi connectivity index (χ3v) is 4.67. The van der Waals surface area contributed by atoms with Crippen molar-refractivity contribution in [2.45, 2.75) is 0 Å². The van der Waals surface area contributed by atoms with E-state index in [4.69, 9.17) is 4.74 Å². The topological polar surface area (TPSA) is 60.5 Å². The van der Waals surface area contributed by atoms with E-state index in [-0.39, 0.29) is 0 Å². The molecule has 0 bridgehead atoms. The molecular weight excluding hydrogens is 328 g/mol. The Kier molecular flexibility index (Phi) is 5.07. The zero-order chi connectivity index (χ0) is 17.6. The van der Waals surface area contributed by atoms with Crippen molar-refractivity contribution >= 4 is 5.95 Å². The predicted octanol–water partition coefficient (Wildman–Crippen LogP) is 0.446. The lowest BCUT2D eigenvalue weighted by atomic mass is 10.3. The number of nitrogens with one attached hydrogen (secondary N) is 1. The molecule has 0 atom stereocenters. The third-order valence-electron chi connectivity index (χ3n) is 4.67. The number of hydrogen-bond donors (Lipinski definition) is 1. The number of anilines is 1. The first-order chi connectivity index (χ1) is 12.9. The monoisotopic (exact) mass is 351 g/mol. The number of ether oxygens (including phenoxy) is 1. The molecular formula is C19H23N6O+. The fraction of sp³-hybridized carbons (Fsp3) is 0.316. The van der Waals surface area contributed by atoms with Crippen molar-refractivity contribution in [2.75, 3.05) is 44.2 Å². The van der Waals surface area contributed by atoms with Crippen LogP contribution in [0.1, 0.15) is 0 Å². The van der Waals surface area contributed by atoms with Gasteiger partial charge in [-0.25, -0.2) is 0 Å². The van der Waals surface area contributed by atoms with Gasteiger partial charge in [0.25, 0.3) is 5.95 Å². The van der Waals surface area contributed by atoms with Gasteiger partial charge in [-0.2, -0.15) is 4.68 Å². The van der Waals surface area contributed by atoms with Crippen LogP contribution in [-0.4, -0.2) is 59.5 Å². The Morgan fingerprint density at radius 2 is 1.62 bits per heavy atom. The van der Waals surface area contributed by atoms with E-state index < -0.39 is 0 Å². The van der Waals surface area contributed by atoms with Gasteiger partial charge in [-0.3, -0.25) is 0 Å². The molecule has 4 rings (SSSR count). The Labute approximate surface area is 152 Å². The number of nitrogens with zero attached hydrogens (tertiary/aromatic N) is 5. The number of para-hydroxylation sites is 2. The summed E-state index contributed by atoms with van der Waals surface area (Å²) in [5, 5.41) is 12.3. The first-order valence-electron chi connectivity index (χ1n) is 9.00. The predicted molar refractivity (Wildman–Crippen MR) is 98.9 cm³/mol. The zero-order valence-corrected chi connectivity index (χ0v) is 14.7. The molecule has 0 aliphatic carbocycles. The normalized spacial score (nSPS) is 15.2. The average molecular weight is 351 g/mol. The highest BCUT2D eigenvalue weighted by molar-refractivity contribution is 5.40. The molecule has 7 nitrogen and oxygen atoms in total. The van der Waals surface area contributed by atoms with Gasteiger partial charge in [0.2, 0.25) is 0 Å². The molecule has 0 saturated carbocycles. The van der Waals surface area contributed by atoms with Crippen LogP contribution < -0.4 is 14.5 Å². The number of piperazine rings is 1. The van der Waals surface area contributed by atoms with Gasteiger partial charge in [0.05, 0.1) is 31.9 Å². The third kappa shape index (κ3) is 3.83. The smallest absolute Gasteiger partial charge is 0.250 e. The minimum atomic E-state index is 0.737. The van der Waals surface area contributed by atoms with E-state index >= 15 is 0 Å². The second kappa shape index (κ2) is 7.97. The van der Waals surface area contributed by atoms with Crippen LogP contribution in [0, 0.1) is 0 Å². The molecule has 1 aliphatic rings. The summed E-state index contributed by atoms with van der Waals surface area (Å²) in [5.41, 5.74) is 0.985. The number of tetrazole rings is 1. The molecule has 1 aromatic heterocycles. The molecule has 0 unspecified atom stereocenters. The number of benzene rings is 2. The Bertz CT molecular complexity index is 799. The summed E-state index contributed by atoms with van der Waals surface area (Å²) >= 11 is 0. The molecule has 1 aliphatic heterocycles. The van der Waals surface area contributed by atoms with E-state index in [1.54, 1.807) is 4.90 Å². The molecule has 0 radical (unpaired) electrons. The zero-order valence-electron chi connectivity index (χ0n) is 14.7. The standard InChI is InChI=1S/C19H22N6O/c1-3-7-17(8-4-1)25-19(20-21-22-25)24-13-11-23(12-14-24)15-16-26-18-9-5-2-6-10-18/h1-10H,11-16H2/p+1. The number of aromatic nitrogens is 4. The van der Waals surface area contributed by atoms with Gasteiger partial charge in [-0.1, -0.05) is 41.5 Å². The van der Waals surface area contributed by atoms with E-state index in [0.29, 0.717) is 0 Å². The van der Waals surface area contributed by atoms with E-state index in [0.717, 1.165) is 56.7 Å². The SMILES string of the molecule is c1ccc(OCC[NH+]2CCN(c3nnnn3-c3ccccc3)CC2)cc1. The van der Waals surface area contributed by atoms with E-state index in [2.05, 4.69) is 20.4 Å². The molecule has 3 aromatic rings. The van der Waals surface area contributed by atoms with Crippen LogP contribution in [0.25, 0.3) is 5.69 Å².